The lowest BCUT2D eigenvalue weighted by atomic mass is 9.76. The highest BCUT2D eigenvalue weighted by Gasteiger charge is 2.34. The molecular weight excluding hydrogens is 436 g/mol. The van der Waals surface area contributed by atoms with Crippen LogP contribution in [0.5, 0.6) is 0 Å². The molecule has 35 heavy (non-hydrogen) atoms. The zero-order valence-corrected chi connectivity index (χ0v) is 19.4. The first-order chi connectivity index (χ1) is 16.9. The van der Waals surface area contributed by atoms with Gasteiger partial charge in [-0.15, -0.1) is 0 Å². The number of aliphatic hydroxyl groups is 1. The molecule has 1 heterocycles. The molecule has 2 aliphatic rings. The van der Waals surface area contributed by atoms with Gasteiger partial charge in [0.1, 0.15) is 17.6 Å². The average Bonchev–Trinajstić information content (AvgIpc) is 2.83. The Kier molecular flexibility index (Phi) is 4.71. The van der Waals surface area contributed by atoms with Gasteiger partial charge in [0, 0.05) is 11.6 Å². The van der Waals surface area contributed by atoms with Crippen LogP contribution in [-0.2, 0) is 11.2 Å². The van der Waals surface area contributed by atoms with Crippen LogP contribution in [0.15, 0.2) is 88.3 Å². The number of rotatable bonds is 1. The van der Waals surface area contributed by atoms with Crippen molar-refractivity contribution >= 4 is 22.7 Å². The molecule has 0 saturated heterocycles. The number of aliphatic hydroxyl groups excluding tert-OH is 1. The van der Waals surface area contributed by atoms with Crippen LogP contribution in [0.25, 0.3) is 28.0 Å². The molecule has 4 heteroatoms. The highest BCUT2D eigenvalue weighted by atomic mass is 16.3. The number of aryl methyl sites for hydroxylation is 2. The molecule has 0 radical (unpaired) electrons. The molecule has 0 bridgehead atoms. The van der Waals surface area contributed by atoms with Gasteiger partial charge in [-0.2, -0.15) is 0 Å². The summed E-state index contributed by atoms with van der Waals surface area (Å²) < 4.78 is 6.02. The zero-order valence-electron chi connectivity index (χ0n) is 19.4. The van der Waals surface area contributed by atoms with Gasteiger partial charge < -0.3 is 9.52 Å². The largest absolute Gasteiger partial charge is 0.507 e. The predicted octanol–water partition coefficient (Wildman–Crippen LogP) is 6.27. The number of carbonyl (C=O) groups excluding carboxylic acids is 1. The second-order valence-electron chi connectivity index (χ2n) is 9.19. The normalized spacial score (nSPS) is 14.2. The highest BCUT2D eigenvalue weighted by Crippen LogP contribution is 2.44. The van der Waals surface area contributed by atoms with Crippen molar-refractivity contribution in [1.82, 2.24) is 0 Å². The van der Waals surface area contributed by atoms with Gasteiger partial charge >= 0.3 is 0 Å². The molecule has 2 aliphatic carbocycles. The molecule has 0 amide bonds. The number of hydrogen-bond donors (Lipinski definition) is 1. The van der Waals surface area contributed by atoms with Gasteiger partial charge in [-0.25, -0.2) is 0 Å². The number of allylic oxidation sites excluding steroid dienone is 2. The molecule has 170 valence electrons. The van der Waals surface area contributed by atoms with Gasteiger partial charge in [-0.05, 0) is 48.1 Å². The van der Waals surface area contributed by atoms with Crippen molar-refractivity contribution < 1.29 is 14.3 Å². The molecule has 0 aliphatic heterocycles. The summed E-state index contributed by atoms with van der Waals surface area (Å²) in [6, 6.07) is 21.5. The molecule has 0 fully saturated rings. The SMILES string of the molecule is Cc1ccc2c(c1)Cc1cc(C)ccc1C2=C1C(=O)C=C(O)c2c1occ(-c1ccccc1)c2=O. The van der Waals surface area contributed by atoms with Crippen molar-refractivity contribution in [3.63, 3.8) is 0 Å². The van der Waals surface area contributed by atoms with Crippen molar-refractivity contribution in [1.29, 1.82) is 0 Å². The lowest BCUT2D eigenvalue weighted by Gasteiger charge is -2.27. The molecule has 6 rings (SSSR count). The second-order valence-corrected chi connectivity index (χ2v) is 9.19. The van der Waals surface area contributed by atoms with Gasteiger partial charge in [0.2, 0.25) is 5.43 Å². The number of hydrogen-bond acceptors (Lipinski definition) is 4. The van der Waals surface area contributed by atoms with Gasteiger partial charge in [-0.3, -0.25) is 9.59 Å². The monoisotopic (exact) mass is 458 g/mol. The molecule has 0 atom stereocenters. The van der Waals surface area contributed by atoms with E-state index in [0.717, 1.165) is 51.5 Å². The maximum atomic E-state index is 13.5. The summed E-state index contributed by atoms with van der Waals surface area (Å²) in [4.78, 5) is 27.0. The number of carbonyl (C=O) groups is 1. The van der Waals surface area contributed by atoms with E-state index in [0.29, 0.717) is 16.7 Å². The summed E-state index contributed by atoms with van der Waals surface area (Å²) in [6.45, 7) is 4.09. The van der Waals surface area contributed by atoms with Crippen LogP contribution >= 0.6 is 0 Å². The van der Waals surface area contributed by atoms with Crippen LogP contribution in [0, 0.1) is 13.8 Å². The minimum atomic E-state index is -0.388. The standard InChI is InChI=1S/C31H22O4/c1-17-8-10-22-20(12-17)14-21-13-18(2)9-11-23(21)27(22)28-25(32)15-26(33)29-30(34)24(16-35-31(28)29)19-6-4-3-5-7-19/h3-13,15-16,33H,14H2,1-2H3. The van der Waals surface area contributed by atoms with Crippen molar-refractivity contribution in [2.75, 3.05) is 0 Å². The van der Waals surface area contributed by atoms with E-state index in [1.165, 1.54) is 6.26 Å². The zero-order chi connectivity index (χ0) is 24.3. The van der Waals surface area contributed by atoms with E-state index in [1.54, 1.807) is 0 Å². The molecule has 1 aromatic heterocycles. The summed E-state index contributed by atoms with van der Waals surface area (Å²) >= 11 is 0. The Labute approximate surface area is 202 Å². The topological polar surface area (TPSA) is 67.5 Å². The Hall–Kier alpha value is -4.44. The summed E-state index contributed by atoms with van der Waals surface area (Å²) in [7, 11) is 0. The first kappa shape index (κ1) is 21.1. The number of fused-ring (bicyclic) bond motifs is 3. The Morgan fingerprint density at radius 2 is 1.40 bits per heavy atom. The Morgan fingerprint density at radius 3 is 2.03 bits per heavy atom. The van der Waals surface area contributed by atoms with Gasteiger partial charge in [-0.1, -0.05) is 77.9 Å². The van der Waals surface area contributed by atoms with Crippen molar-refractivity contribution in [3.8, 4) is 11.1 Å². The maximum Gasteiger partial charge on any atom is 0.204 e. The van der Waals surface area contributed by atoms with Crippen molar-refractivity contribution in [2.45, 2.75) is 20.3 Å². The quantitative estimate of drug-likeness (QED) is 0.301. The lowest BCUT2D eigenvalue weighted by molar-refractivity contribution is -0.109. The summed E-state index contributed by atoms with van der Waals surface area (Å²) in [5.41, 5.74) is 8.05. The van der Waals surface area contributed by atoms with Gasteiger partial charge in [0.05, 0.1) is 11.1 Å². The highest BCUT2D eigenvalue weighted by molar-refractivity contribution is 6.36. The van der Waals surface area contributed by atoms with Crippen LogP contribution in [-0.4, -0.2) is 10.9 Å². The summed E-state index contributed by atoms with van der Waals surface area (Å²) in [5, 5.41) is 10.7. The third-order valence-electron chi connectivity index (χ3n) is 6.77. The maximum absolute atomic E-state index is 13.5. The van der Waals surface area contributed by atoms with E-state index in [9.17, 15) is 14.7 Å². The molecule has 4 nitrogen and oxygen atoms in total. The Morgan fingerprint density at radius 1 is 0.771 bits per heavy atom. The van der Waals surface area contributed by atoms with Crippen LogP contribution in [0.1, 0.15) is 44.7 Å². The molecule has 0 unspecified atom stereocenters. The van der Waals surface area contributed by atoms with Crippen molar-refractivity contribution in [3.05, 3.63) is 134 Å². The van der Waals surface area contributed by atoms with Gasteiger partial charge in [0.15, 0.2) is 11.5 Å². The van der Waals surface area contributed by atoms with Crippen molar-refractivity contribution in [2.24, 2.45) is 0 Å². The van der Waals surface area contributed by atoms with Crippen LogP contribution in [0.3, 0.4) is 0 Å². The molecule has 0 spiro atoms. The van der Waals surface area contributed by atoms with Crippen LogP contribution in [0.2, 0.25) is 0 Å². The first-order valence-corrected chi connectivity index (χ1v) is 11.5. The van der Waals surface area contributed by atoms with E-state index in [1.807, 2.05) is 68.4 Å². The third kappa shape index (κ3) is 3.29. The van der Waals surface area contributed by atoms with E-state index in [2.05, 4.69) is 12.1 Å². The minimum absolute atomic E-state index is 0.0151. The average molecular weight is 459 g/mol. The number of ketones is 1. The lowest BCUT2D eigenvalue weighted by Crippen LogP contribution is -2.21. The Bertz CT molecular complexity index is 1610. The third-order valence-corrected chi connectivity index (χ3v) is 6.77. The molecule has 4 aromatic rings. The molecule has 1 N–H and O–H groups in total. The second kappa shape index (κ2) is 7.81. The molecule has 3 aromatic carbocycles. The van der Waals surface area contributed by atoms with E-state index < -0.39 is 0 Å². The van der Waals surface area contributed by atoms with E-state index in [-0.39, 0.29) is 28.3 Å². The first-order valence-electron chi connectivity index (χ1n) is 11.5. The van der Waals surface area contributed by atoms with Crippen LogP contribution < -0.4 is 5.43 Å². The van der Waals surface area contributed by atoms with Crippen LogP contribution in [0.4, 0.5) is 0 Å². The Balaban J connectivity index is 1.70. The number of benzene rings is 3. The smallest absolute Gasteiger partial charge is 0.204 e. The molecular formula is C31H22O4. The minimum Gasteiger partial charge on any atom is -0.507 e. The fraction of sp³-hybridized carbons (Fsp3) is 0.0968. The van der Waals surface area contributed by atoms with E-state index in [4.69, 9.17) is 4.42 Å². The van der Waals surface area contributed by atoms with Gasteiger partial charge in [0.25, 0.3) is 0 Å². The fourth-order valence-electron chi connectivity index (χ4n) is 5.16. The summed E-state index contributed by atoms with van der Waals surface area (Å²) in [5.74, 6) is -0.653. The predicted molar refractivity (Wildman–Crippen MR) is 137 cm³/mol. The molecule has 0 saturated carbocycles. The van der Waals surface area contributed by atoms with E-state index >= 15 is 0 Å². The summed E-state index contributed by atoms with van der Waals surface area (Å²) in [6.07, 6.45) is 3.27. The fourth-order valence-corrected chi connectivity index (χ4v) is 5.16.